The number of amides is 1. The van der Waals surface area contributed by atoms with Crippen LogP contribution < -0.4 is 10.1 Å². The van der Waals surface area contributed by atoms with E-state index in [2.05, 4.69) is 21.6 Å². The van der Waals surface area contributed by atoms with Crippen molar-refractivity contribution in [3.63, 3.8) is 0 Å². The molecule has 7 nitrogen and oxygen atoms in total. The molecule has 1 N–H and O–H groups in total. The van der Waals surface area contributed by atoms with Gasteiger partial charge in [-0.3, -0.25) is 9.47 Å². The number of nitrogens with zero attached hydrogens (tertiary/aromatic N) is 4. The smallest absolute Gasteiger partial charge is 0.234 e. The third-order valence-corrected chi connectivity index (χ3v) is 5.93. The number of hydrogen-bond acceptors (Lipinski definition) is 5. The zero-order chi connectivity index (χ0) is 22.5. The van der Waals surface area contributed by atoms with Gasteiger partial charge in [-0.15, -0.1) is 10.2 Å². The van der Waals surface area contributed by atoms with Crippen molar-refractivity contribution in [1.82, 2.24) is 19.5 Å². The number of thioether (sulfide) groups is 1. The van der Waals surface area contributed by atoms with E-state index in [1.165, 1.54) is 17.3 Å². The molecule has 2 aromatic heterocycles. The predicted octanol–water partition coefficient (Wildman–Crippen LogP) is 4.34. The first-order chi connectivity index (χ1) is 15.5. The van der Waals surface area contributed by atoms with Crippen LogP contribution in [-0.4, -0.2) is 38.3 Å². The summed E-state index contributed by atoms with van der Waals surface area (Å²) < 4.78 is 9.09. The van der Waals surface area contributed by atoms with Gasteiger partial charge in [-0.2, -0.15) is 0 Å². The Kier molecular flexibility index (Phi) is 6.61. The van der Waals surface area contributed by atoms with E-state index in [0.29, 0.717) is 11.6 Å². The van der Waals surface area contributed by atoms with Crippen molar-refractivity contribution in [2.45, 2.75) is 25.4 Å². The molecule has 0 bridgehead atoms. The molecular weight excluding hydrogens is 422 g/mol. The molecule has 2 aromatic carbocycles. The number of nitrogens with one attached hydrogen (secondary N) is 1. The highest BCUT2D eigenvalue weighted by Crippen LogP contribution is 2.22. The SMILES string of the molecule is COc1ccc(Cc2nnc(SCC(=O)Nc3ccc(C)cc3C)n2-n2cccc2)cc1. The van der Waals surface area contributed by atoms with Crippen molar-refractivity contribution in [3.05, 3.63) is 89.5 Å². The van der Waals surface area contributed by atoms with E-state index in [0.717, 1.165) is 28.4 Å². The van der Waals surface area contributed by atoms with E-state index < -0.39 is 0 Å². The number of ether oxygens (including phenoxy) is 1. The number of carbonyl (C=O) groups is 1. The van der Waals surface area contributed by atoms with Crippen molar-refractivity contribution < 1.29 is 9.53 Å². The molecule has 4 rings (SSSR count). The Labute approximate surface area is 191 Å². The van der Waals surface area contributed by atoms with Crippen molar-refractivity contribution >= 4 is 23.4 Å². The van der Waals surface area contributed by atoms with Crippen molar-refractivity contribution in [2.75, 3.05) is 18.2 Å². The van der Waals surface area contributed by atoms with Crippen LogP contribution in [0.3, 0.4) is 0 Å². The third-order valence-electron chi connectivity index (χ3n) is 5.01. The molecule has 2 heterocycles. The molecular formula is C24H25N5O2S. The van der Waals surface area contributed by atoms with Crippen LogP contribution in [0.5, 0.6) is 5.75 Å². The summed E-state index contributed by atoms with van der Waals surface area (Å²) in [5, 5.41) is 12.4. The van der Waals surface area contributed by atoms with Crippen LogP contribution in [-0.2, 0) is 11.2 Å². The van der Waals surface area contributed by atoms with Gasteiger partial charge in [-0.25, -0.2) is 4.68 Å². The topological polar surface area (TPSA) is 74.0 Å². The van der Waals surface area contributed by atoms with Crippen LogP contribution in [0.2, 0.25) is 0 Å². The third kappa shape index (κ3) is 5.03. The van der Waals surface area contributed by atoms with Gasteiger partial charge in [-0.05, 0) is 55.3 Å². The monoisotopic (exact) mass is 447 g/mol. The minimum atomic E-state index is -0.0827. The van der Waals surface area contributed by atoms with E-state index in [4.69, 9.17) is 4.74 Å². The molecule has 0 radical (unpaired) electrons. The lowest BCUT2D eigenvalue weighted by molar-refractivity contribution is -0.113. The van der Waals surface area contributed by atoms with Crippen LogP contribution in [0, 0.1) is 13.8 Å². The number of benzene rings is 2. The van der Waals surface area contributed by atoms with Gasteiger partial charge in [0.05, 0.1) is 12.9 Å². The number of rotatable bonds is 8. The maximum Gasteiger partial charge on any atom is 0.234 e. The van der Waals surface area contributed by atoms with Gasteiger partial charge in [-0.1, -0.05) is 41.6 Å². The zero-order valence-electron chi connectivity index (χ0n) is 18.3. The zero-order valence-corrected chi connectivity index (χ0v) is 19.1. The van der Waals surface area contributed by atoms with E-state index in [9.17, 15) is 4.79 Å². The van der Waals surface area contributed by atoms with Crippen LogP contribution in [0.1, 0.15) is 22.5 Å². The molecule has 1 amide bonds. The number of aryl methyl sites for hydroxylation is 2. The fourth-order valence-electron chi connectivity index (χ4n) is 3.38. The summed E-state index contributed by atoms with van der Waals surface area (Å²) in [6, 6.07) is 17.7. The summed E-state index contributed by atoms with van der Waals surface area (Å²) in [7, 11) is 1.65. The molecule has 0 aliphatic heterocycles. The first-order valence-electron chi connectivity index (χ1n) is 10.2. The molecule has 0 spiro atoms. The molecule has 0 atom stereocenters. The van der Waals surface area contributed by atoms with E-state index >= 15 is 0 Å². The Hall–Kier alpha value is -3.52. The van der Waals surface area contributed by atoms with Gasteiger partial charge >= 0.3 is 0 Å². The van der Waals surface area contributed by atoms with E-state index in [1.54, 1.807) is 7.11 Å². The van der Waals surface area contributed by atoms with Crippen molar-refractivity contribution in [3.8, 4) is 5.75 Å². The average Bonchev–Trinajstić information content (AvgIpc) is 3.44. The Morgan fingerprint density at radius 2 is 1.81 bits per heavy atom. The fourth-order valence-corrected chi connectivity index (χ4v) is 4.14. The maximum absolute atomic E-state index is 12.6. The Morgan fingerprint density at radius 1 is 1.06 bits per heavy atom. The van der Waals surface area contributed by atoms with Gasteiger partial charge in [0, 0.05) is 24.5 Å². The summed E-state index contributed by atoms with van der Waals surface area (Å²) in [5.74, 6) is 1.74. The van der Waals surface area contributed by atoms with Crippen molar-refractivity contribution in [1.29, 1.82) is 0 Å². The summed E-state index contributed by atoms with van der Waals surface area (Å²) in [5.41, 5.74) is 4.13. The first kappa shape index (κ1) is 21.7. The highest BCUT2D eigenvalue weighted by molar-refractivity contribution is 7.99. The number of hydrogen-bond donors (Lipinski definition) is 1. The molecule has 0 saturated heterocycles. The molecule has 32 heavy (non-hydrogen) atoms. The number of methoxy groups -OCH3 is 1. The number of carbonyl (C=O) groups excluding carboxylic acids is 1. The summed E-state index contributed by atoms with van der Waals surface area (Å²) in [4.78, 5) is 12.6. The van der Waals surface area contributed by atoms with Crippen LogP contribution >= 0.6 is 11.8 Å². The minimum Gasteiger partial charge on any atom is -0.497 e. The standard InChI is InChI=1S/C24H25N5O2S/c1-17-6-11-21(18(2)14-17)25-23(30)16-32-24-27-26-22(29(24)28-12-4-5-13-28)15-19-7-9-20(31-3)10-8-19/h4-14H,15-16H2,1-3H3,(H,25,30). The van der Waals surface area contributed by atoms with Crippen LogP contribution in [0.15, 0.2) is 72.1 Å². The van der Waals surface area contributed by atoms with Crippen LogP contribution in [0.4, 0.5) is 5.69 Å². The summed E-state index contributed by atoms with van der Waals surface area (Å²) >= 11 is 1.36. The fraction of sp³-hybridized carbons (Fsp3) is 0.208. The lowest BCUT2D eigenvalue weighted by Crippen LogP contribution is -2.17. The van der Waals surface area contributed by atoms with Gasteiger partial charge < -0.3 is 10.1 Å². The normalized spacial score (nSPS) is 10.8. The van der Waals surface area contributed by atoms with Gasteiger partial charge in [0.25, 0.3) is 0 Å². The second-order valence-corrected chi connectivity index (χ2v) is 8.40. The number of anilines is 1. The second-order valence-electron chi connectivity index (χ2n) is 7.45. The minimum absolute atomic E-state index is 0.0827. The molecule has 0 saturated carbocycles. The Bertz CT molecular complexity index is 1200. The average molecular weight is 448 g/mol. The Morgan fingerprint density at radius 3 is 2.50 bits per heavy atom. The van der Waals surface area contributed by atoms with Gasteiger partial charge in [0.15, 0.2) is 5.82 Å². The summed E-state index contributed by atoms with van der Waals surface area (Å²) in [6.07, 6.45) is 4.46. The molecule has 0 fully saturated rings. The first-order valence-corrected chi connectivity index (χ1v) is 11.2. The quantitative estimate of drug-likeness (QED) is 0.407. The van der Waals surface area contributed by atoms with Crippen molar-refractivity contribution in [2.24, 2.45) is 0 Å². The summed E-state index contributed by atoms with van der Waals surface area (Å²) in [6.45, 7) is 4.02. The molecule has 164 valence electrons. The number of aromatic nitrogens is 4. The molecule has 0 aliphatic carbocycles. The van der Waals surface area contributed by atoms with E-state index in [1.807, 2.05) is 84.1 Å². The molecule has 8 heteroatoms. The largest absolute Gasteiger partial charge is 0.497 e. The van der Waals surface area contributed by atoms with Gasteiger partial charge in [0.1, 0.15) is 5.75 Å². The van der Waals surface area contributed by atoms with E-state index in [-0.39, 0.29) is 11.7 Å². The molecule has 0 aliphatic rings. The predicted molar refractivity (Wildman–Crippen MR) is 126 cm³/mol. The van der Waals surface area contributed by atoms with Gasteiger partial charge in [0.2, 0.25) is 11.1 Å². The lowest BCUT2D eigenvalue weighted by Gasteiger charge is -2.12. The maximum atomic E-state index is 12.6. The highest BCUT2D eigenvalue weighted by atomic mass is 32.2. The second kappa shape index (κ2) is 9.74. The molecule has 4 aromatic rings. The molecule has 0 unspecified atom stereocenters. The lowest BCUT2D eigenvalue weighted by atomic mass is 10.1. The van der Waals surface area contributed by atoms with Crippen LogP contribution in [0.25, 0.3) is 0 Å². The highest BCUT2D eigenvalue weighted by Gasteiger charge is 2.16. The Balaban J connectivity index is 1.50.